The van der Waals surface area contributed by atoms with Crippen LogP contribution in [0.3, 0.4) is 0 Å². The highest BCUT2D eigenvalue weighted by atomic mass is 16.6. The van der Waals surface area contributed by atoms with Crippen LogP contribution in [0.5, 0.6) is 5.75 Å². The molecule has 0 spiro atoms. The van der Waals surface area contributed by atoms with Gasteiger partial charge in [0.15, 0.2) is 5.78 Å². The van der Waals surface area contributed by atoms with E-state index in [0.717, 1.165) is 82.6 Å². The first-order chi connectivity index (χ1) is 17.7. The summed E-state index contributed by atoms with van der Waals surface area (Å²) in [6.07, 6.45) is 5.72. The molecule has 8 nitrogen and oxygen atoms in total. The van der Waals surface area contributed by atoms with Crippen molar-refractivity contribution < 1.29 is 23.9 Å². The number of ether oxygens (including phenoxy) is 2. The van der Waals surface area contributed by atoms with E-state index < -0.39 is 5.60 Å². The van der Waals surface area contributed by atoms with Crippen LogP contribution in [0, 0.1) is 5.92 Å². The van der Waals surface area contributed by atoms with E-state index in [1.807, 2.05) is 49.9 Å². The zero-order valence-electron chi connectivity index (χ0n) is 22.7. The maximum Gasteiger partial charge on any atom is 0.410 e. The van der Waals surface area contributed by atoms with Crippen LogP contribution in [0.4, 0.5) is 4.79 Å². The Hall–Kier alpha value is -2.61. The average molecular weight is 514 g/mol. The Morgan fingerprint density at radius 2 is 1.68 bits per heavy atom. The first kappa shape index (κ1) is 27.4. The molecule has 1 saturated carbocycles. The van der Waals surface area contributed by atoms with E-state index in [9.17, 15) is 14.4 Å². The predicted octanol–water partition coefficient (Wildman–Crippen LogP) is 4.37. The fraction of sp³-hybridized carbons (Fsp3) is 0.690. The number of rotatable bonds is 9. The lowest BCUT2D eigenvalue weighted by molar-refractivity contribution is -0.132. The summed E-state index contributed by atoms with van der Waals surface area (Å²) in [5, 5.41) is 0. The van der Waals surface area contributed by atoms with Crippen molar-refractivity contribution in [3.05, 3.63) is 29.8 Å². The highest BCUT2D eigenvalue weighted by Crippen LogP contribution is 2.33. The summed E-state index contributed by atoms with van der Waals surface area (Å²) in [6, 6.07) is 7.45. The number of nitrogens with zero attached hydrogens (tertiary/aromatic N) is 3. The molecule has 1 aromatic rings. The second-order valence-corrected chi connectivity index (χ2v) is 11.6. The lowest BCUT2D eigenvalue weighted by Gasteiger charge is -2.30. The third kappa shape index (κ3) is 8.19. The Balaban J connectivity index is 1.15. The number of benzene rings is 1. The number of ketones is 1. The average Bonchev–Trinajstić information content (AvgIpc) is 3.64. The standard InChI is InChI=1S/C29H43N3O5/c1-29(2,3)37-28(35)32-17-4-7-24(32)21-26(33)31-16-5-14-30(18-19-31)15-6-20-36-25-12-10-23(11-13-25)27(34)22-8-9-22/h10-13,22,24H,4-9,14-21H2,1-3H3/t24-/m0/s1. The molecule has 2 amide bonds. The maximum absolute atomic E-state index is 13.1. The van der Waals surface area contributed by atoms with Gasteiger partial charge in [0, 0.05) is 56.7 Å². The van der Waals surface area contributed by atoms with Gasteiger partial charge >= 0.3 is 6.09 Å². The van der Waals surface area contributed by atoms with Crippen molar-refractivity contribution in [2.75, 3.05) is 45.9 Å². The zero-order valence-corrected chi connectivity index (χ0v) is 22.7. The molecule has 2 aliphatic heterocycles. The van der Waals surface area contributed by atoms with Gasteiger partial charge in [0.1, 0.15) is 11.4 Å². The van der Waals surface area contributed by atoms with Crippen molar-refractivity contribution in [3.63, 3.8) is 0 Å². The number of carbonyl (C=O) groups is 3. The zero-order chi connectivity index (χ0) is 26.4. The van der Waals surface area contributed by atoms with Gasteiger partial charge in [-0.2, -0.15) is 0 Å². The van der Waals surface area contributed by atoms with Crippen LogP contribution in [-0.4, -0.2) is 90.0 Å². The molecule has 4 rings (SSSR count). The summed E-state index contributed by atoms with van der Waals surface area (Å²) in [5.74, 6) is 1.42. The summed E-state index contributed by atoms with van der Waals surface area (Å²) in [7, 11) is 0. The van der Waals surface area contributed by atoms with E-state index in [1.54, 1.807) is 4.90 Å². The summed E-state index contributed by atoms with van der Waals surface area (Å²) in [6.45, 7) is 11.1. The largest absolute Gasteiger partial charge is 0.494 e. The SMILES string of the molecule is CC(C)(C)OC(=O)N1CCC[C@H]1CC(=O)N1CCCN(CCCOc2ccc(C(=O)C3CC3)cc2)CC1. The Morgan fingerprint density at radius 1 is 0.919 bits per heavy atom. The Bertz CT molecular complexity index is 938. The predicted molar refractivity (Wildman–Crippen MR) is 142 cm³/mol. The molecule has 3 fully saturated rings. The number of likely N-dealkylation sites (tertiary alicyclic amines) is 1. The van der Waals surface area contributed by atoms with Crippen LogP contribution >= 0.6 is 0 Å². The van der Waals surface area contributed by atoms with E-state index in [0.29, 0.717) is 19.6 Å². The van der Waals surface area contributed by atoms with E-state index in [-0.39, 0.29) is 29.7 Å². The summed E-state index contributed by atoms with van der Waals surface area (Å²) < 4.78 is 11.4. The van der Waals surface area contributed by atoms with Crippen LogP contribution in [0.2, 0.25) is 0 Å². The van der Waals surface area contributed by atoms with Gasteiger partial charge < -0.3 is 24.2 Å². The van der Waals surface area contributed by atoms with Crippen LogP contribution in [0.1, 0.15) is 76.1 Å². The topological polar surface area (TPSA) is 79.4 Å². The Morgan fingerprint density at radius 3 is 2.38 bits per heavy atom. The molecular formula is C29H43N3O5. The minimum Gasteiger partial charge on any atom is -0.494 e. The molecule has 2 saturated heterocycles. The second kappa shape index (κ2) is 12.3. The Kier molecular flexibility index (Phi) is 9.11. The van der Waals surface area contributed by atoms with Crippen molar-refractivity contribution in [1.82, 2.24) is 14.7 Å². The monoisotopic (exact) mass is 513 g/mol. The minimum absolute atomic E-state index is 0.0697. The van der Waals surface area contributed by atoms with E-state index in [1.165, 1.54) is 0 Å². The molecule has 37 heavy (non-hydrogen) atoms. The van der Waals surface area contributed by atoms with Gasteiger partial charge in [-0.15, -0.1) is 0 Å². The highest BCUT2D eigenvalue weighted by Gasteiger charge is 2.34. The molecule has 0 radical (unpaired) electrons. The normalized spacial score (nSPS) is 21.0. The van der Waals surface area contributed by atoms with Gasteiger partial charge in [-0.05, 0) is 90.1 Å². The molecular weight excluding hydrogens is 470 g/mol. The van der Waals surface area contributed by atoms with Gasteiger partial charge in [-0.25, -0.2) is 4.79 Å². The number of carbonyl (C=O) groups excluding carboxylic acids is 3. The van der Waals surface area contributed by atoms with E-state index >= 15 is 0 Å². The minimum atomic E-state index is -0.534. The molecule has 8 heteroatoms. The molecule has 2 heterocycles. The number of hydrogen-bond acceptors (Lipinski definition) is 6. The van der Waals surface area contributed by atoms with Crippen molar-refractivity contribution in [3.8, 4) is 5.75 Å². The second-order valence-electron chi connectivity index (χ2n) is 11.6. The smallest absolute Gasteiger partial charge is 0.410 e. The first-order valence-corrected chi connectivity index (χ1v) is 14.0. The number of hydrogen-bond donors (Lipinski definition) is 0. The number of Topliss-reactive ketones (excluding diaryl/α,β-unsaturated/α-hetero) is 1. The molecule has 1 aromatic carbocycles. The van der Waals surface area contributed by atoms with Gasteiger partial charge in [0.2, 0.25) is 5.91 Å². The summed E-state index contributed by atoms with van der Waals surface area (Å²) in [4.78, 5) is 43.9. The van der Waals surface area contributed by atoms with Crippen LogP contribution in [0.15, 0.2) is 24.3 Å². The third-order valence-electron chi connectivity index (χ3n) is 7.33. The highest BCUT2D eigenvalue weighted by molar-refractivity contribution is 5.99. The van der Waals surface area contributed by atoms with Crippen molar-refractivity contribution in [2.24, 2.45) is 5.92 Å². The molecule has 0 bridgehead atoms. The molecule has 204 valence electrons. The molecule has 1 aliphatic carbocycles. The van der Waals surface area contributed by atoms with Crippen LogP contribution in [-0.2, 0) is 9.53 Å². The van der Waals surface area contributed by atoms with Crippen LogP contribution < -0.4 is 4.74 Å². The first-order valence-electron chi connectivity index (χ1n) is 14.0. The molecule has 0 N–H and O–H groups in total. The quantitative estimate of drug-likeness (QED) is 0.360. The number of amides is 2. The Labute approximate surface area is 221 Å². The molecule has 3 aliphatic rings. The molecule has 0 unspecified atom stereocenters. The van der Waals surface area contributed by atoms with Gasteiger partial charge in [-0.3, -0.25) is 9.59 Å². The van der Waals surface area contributed by atoms with E-state index in [2.05, 4.69) is 4.90 Å². The summed E-state index contributed by atoms with van der Waals surface area (Å²) in [5.41, 5.74) is 0.248. The van der Waals surface area contributed by atoms with Crippen LogP contribution in [0.25, 0.3) is 0 Å². The van der Waals surface area contributed by atoms with Crippen molar-refractivity contribution in [1.29, 1.82) is 0 Å². The fourth-order valence-corrected chi connectivity index (χ4v) is 5.16. The lowest BCUT2D eigenvalue weighted by atomic mass is 10.1. The molecule has 1 atom stereocenters. The van der Waals surface area contributed by atoms with Gasteiger partial charge in [0.25, 0.3) is 0 Å². The fourth-order valence-electron chi connectivity index (χ4n) is 5.16. The van der Waals surface area contributed by atoms with E-state index in [4.69, 9.17) is 9.47 Å². The third-order valence-corrected chi connectivity index (χ3v) is 7.33. The summed E-state index contributed by atoms with van der Waals surface area (Å²) >= 11 is 0. The van der Waals surface area contributed by atoms with Crippen molar-refractivity contribution >= 4 is 17.8 Å². The lowest BCUT2D eigenvalue weighted by Crippen LogP contribution is -2.43. The molecule has 0 aromatic heterocycles. The van der Waals surface area contributed by atoms with Gasteiger partial charge in [-0.1, -0.05) is 0 Å². The maximum atomic E-state index is 13.1. The van der Waals surface area contributed by atoms with Gasteiger partial charge in [0.05, 0.1) is 6.61 Å². The van der Waals surface area contributed by atoms with Crippen molar-refractivity contribution in [2.45, 2.75) is 77.4 Å².